The zero-order valence-corrected chi connectivity index (χ0v) is 12.4. The number of carbonyl (C=O) groups excluding carboxylic acids is 1. The Morgan fingerprint density at radius 1 is 1.41 bits per heavy atom. The number of pyridine rings is 1. The second kappa shape index (κ2) is 5.81. The smallest absolute Gasteiger partial charge is 0.256 e. The summed E-state index contributed by atoms with van der Waals surface area (Å²) in [4.78, 5) is 27.8. The summed E-state index contributed by atoms with van der Waals surface area (Å²) in [5, 5.41) is 3.33. The van der Waals surface area contributed by atoms with E-state index in [1.54, 1.807) is 18.2 Å². The number of ether oxygens (including phenoxy) is 1. The van der Waals surface area contributed by atoms with Crippen LogP contribution < -0.4 is 21.2 Å². The number of hydrogen-bond donors (Lipinski definition) is 3. The molecule has 3 rings (SSSR count). The zero-order valence-electron chi connectivity index (χ0n) is 12.4. The molecule has 6 nitrogen and oxygen atoms in total. The van der Waals surface area contributed by atoms with Crippen LogP contribution in [0, 0.1) is 0 Å². The molecule has 1 amide bonds. The van der Waals surface area contributed by atoms with Crippen LogP contribution in [-0.4, -0.2) is 30.1 Å². The predicted octanol–water partition coefficient (Wildman–Crippen LogP) is 1.15. The Morgan fingerprint density at radius 3 is 2.91 bits per heavy atom. The Kier molecular flexibility index (Phi) is 3.85. The number of nitrogens with two attached hydrogens (primary N) is 1. The molecule has 0 aliphatic heterocycles. The molecule has 0 spiro atoms. The van der Waals surface area contributed by atoms with E-state index in [4.69, 9.17) is 10.5 Å². The van der Waals surface area contributed by atoms with Gasteiger partial charge in [-0.05, 0) is 37.5 Å². The summed E-state index contributed by atoms with van der Waals surface area (Å²) in [6.07, 6.45) is 3.97. The topological polar surface area (TPSA) is 97.2 Å². The number of nitrogens with one attached hydrogen (secondary N) is 2. The minimum atomic E-state index is -0.356. The Balaban J connectivity index is 1.91. The van der Waals surface area contributed by atoms with Gasteiger partial charge in [0.15, 0.2) is 0 Å². The molecule has 0 bridgehead atoms. The zero-order chi connectivity index (χ0) is 15.7. The van der Waals surface area contributed by atoms with Crippen molar-refractivity contribution in [2.45, 2.75) is 31.3 Å². The van der Waals surface area contributed by atoms with Crippen LogP contribution >= 0.6 is 0 Å². The summed E-state index contributed by atoms with van der Waals surface area (Å²) in [5.41, 5.74) is 6.33. The highest BCUT2D eigenvalue weighted by Crippen LogP contribution is 2.18. The molecule has 1 heterocycles. The van der Waals surface area contributed by atoms with Crippen LogP contribution in [-0.2, 0) is 0 Å². The van der Waals surface area contributed by atoms with Crippen molar-refractivity contribution >= 4 is 16.8 Å². The normalized spacial score (nSPS) is 21.0. The summed E-state index contributed by atoms with van der Waals surface area (Å²) in [6.45, 7) is 0. The summed E-state index contributed by atoms with van der Waals surface area (Å²) in [7, 11) is 1.54. The Hall–Kier alpha value is -2.34. The average molecular weight is 301 g/mol. The number of H-pyrrole nitrogens is 1. The van der Waals surface area contributed by atoms with Crippen LogP contribution in [0.15, 0.2) is 29.2 Å². The maximum Gasteiger partial charge on any atom is 0.256 e. The first-order valence-electron chi connectivity index (χ1n) is 7.34. The van der Waals surface area contributed by atoms with Gasteiger partial charge in [-0.15, -0.1) is 0 Å². The molecule has 1 aromatic carbocycles. The number of fused-ring (bicyclic) bond motifs is 1. The highest BCUT2D eigenvalue weighted by molar-refractivity contribution is 5.97. The van der Waals surface area contributed by atoms with Gasteiger partial charge in [0.1, 0.15) is 11.3 Å². The van der Waals surface area contributed by atoms with Crippen LogP contribution in [0.2, 0.25) is 0 Å². The van der Waals surface area contributed by atoms with Crippen molar-refractivity contribution in [2.24, 2.45) is 5.73 Å². The minimum absolute atomic E-state index is 0.0444. The molecule has 0 radical (unpaired) electrons. The van der Waals surface area contributed by atoms with Crippen LogP contribution in [0.25, 0.3) is 10.9 Å². The van der Waals surface area contributed by atoms with E-state index in [9.17, 15) is 9.59 Å². The van der Waals surface area contributed by atoms with Crippen molar-refractivity contribution in [3.05, 3.63) is 40.2 Å². The molecule has 2 aromatic rings. The van der Waals surface area contributed by atoms with E-state index in [2.05, 4.69) is 10.3 Å². The molecule has 0 unspecified atom stereocenters. The second-order valence-electron chi connectivity index (χ2n) is 5.69. The molecule has 0 saturated heterocycles. The first-order chi connectivity index (χ1) is 10.6. The predicted molar refractivity (Wildman–Crippen MR) is 84.2 cm³/mol. The van der Waals surface area contributed by atoms with Gasteiger partial charge in [0.2, 0.25) is 5.43 Å². The fourth-order valence-electron chi connectivity index (χ4n) is 2.90. The van der Waals surface area contributed by atoms with Gasteiger partial charge in [-0.25, -0.2) is 0 Å². The largest absolute Gasteiger partial charge is 0.497 e. The van der Waals surface area contributed by atoms with E-state index in [1.807, 2.05) is 0 Å². The van der Waals surface area contributed by atoms with Gasteiger partial charge in [0.05, 0.1) is 7.11 Å². The van der Waals surface area contributed by atoms with Crippen LogP contribution in [0.1, 0.15) is 29.6 Å². The minimum Gasteiger partial charge on any atom is -0.497 e. The van der Waals surface area contributed by atoms with Gasteiger partial charge in [-0.2, -0.15) is 0 Å². The lowest BCUT2D eigenvalue weighted by Gasteiger charge is -2.12. The number of rotatable bonds is 3. The van der Waals surface area contributed by atoms with E-state index < -0.39 is 0 Å². The monoisotopic (exact) mass is 301 g/mol. The van der Waals surface area contributed by atoms with Gasteiger partial charge in [0, 0.05) is 29.2 Å². The lowest BCUT2D eigenvalue weighted by molar-refractivity contribution is 0.0936. The number of aromatic amines is 1. The van der Waals surface area contributed by atoms with Gasteiger partial charge in [-0.3, -0.25) is 9.59 Å². The molecular formula is C16H19N3O3. The maximum atomic E-state index is 12.5. The number of carbonyl (C=O) groups is 1. The van der Waals surface area contributed by atoms with Crippen molar-refractivity contribution in [1.82, 2.24) is 10.3 Å². The SMILES string of the molecule is COc1ccc2[nH]cc(C(=O)N[C@@H]3CC[C@@H](N)C3)c(=O)c2c1. The Morgan fingerprint density at radius 2 is 2.23 bits per heavy atom. The summed E-state index contributed by atoms with van der Waals surface area (Å²) < 4.78 is 5.13. The lowest BCUT2D eigenvalue weighted by atomic mass is 10.1. The number of methoxy groups -OCH3 is 1. The Labute approximate surface area is 127 Å². The van der Waals surface area contributed by atoms with E-state index in [1.165, 1.54) is 13.3 Å². The van der Waals surface area contributed by atoms with Gasteiger partial charge < -0.3 is 20.8 Å². The molecule has 1 saturated carbocycles. The van der Waals surface area contributed by atoms with E-state index >= 15 is 0 Å². The standard InChI is InChI=1S/C16H19N3O3/c1-22-11-4-5-14-12(7-11)15(20)13(8-18-14)16(21)19-10-3-2-9(17)6-10/h4-5,7-10H,2-3,6,17H2,1H3,(H,18,20)(H,19,21)/t9-,10-/m1/s1. The number of benzene rings is 1. The summed E-state index contributed by atoms with van der Waals surface area (Å²) >= 11 is 0. The molecule has 4 N–H and O–H groups in total. The number of hydrogen-bond acceptors (Lipinski definition) is 4. The molecule has 1 aromatic heterocycles. The van der Waals surface area contributed by atoms with Crippen molar-refractivity contribution in [3.63, 3.8) is 0 Å². The van der Waals surface area contributed by atoms with Crippen molar-refractivity contribution in [2.75, 3.05) is 7.11 Å². The highest BCUT2D eigenvalue weighted by atomic mass is 16.5. The highest BCUT2D eigenvalue weighted by Gasteiger charge is 2.24. The number of aromatic nitrogens is 1. The fraction of sp³-hybridized carbons (Fsp3) is 0.375. The Bertz CT molecular complexity index is 769. The lowest BCUT2D eigenvalue weighted by Crippen LogP contribution is -2.36. The third kappa shape index (κ3) is 2.69. The first-order valence-corrected chi connectivity index (χ1v) is 7.34. The summed E-state index contributed by atoms with van der Waals surface area (Å²) in [5.74, 6) is 0.224. The molecule has 1 aliphatic rings. The maximum absolute atomic E-state index is 12.5. The molecule has 2 atom stereocenters. The van der Waals surface area contributed by atoms with Crippen molar-refractivity contribution in [3.8, 4) is 5.75 Å². The molecule has 22 heavy (non-hydrogen) atoms. The average Bonchev–Trinajstić information content (AvgIpc) is 2.92. The molecule has 116 valence electrons. The van der Waals surface area contributed by atoms with Gasteiger partial charge in [0.25, 0.3) is 5.91 Å². The second-order valence-corrected chi connectivity index (χ2v) is 5.69. The van der Waals surface area contributed by atoms with Gasteiger partial charge >= 0.3 is 0 Å². The molecular weight excluding hydrogens is 282 g/mol. The van der Waals surface area contributed by atoms with Crippen LogP contribution in [0.5, 0.6) is 5.75 Å². The first kappa shape index (κ1) is 14.6. The van der Waals surface area contributed by atoms with E-state index in [0.717, 1.165) is 19.3 Å². The van der Waals surface area contributed by atoms with Gasteiger partial charge in [-0.1, -0.05) is 0 Å². The summed E-state index contributed by atoms with van der Waals surface area (Å²) in [6, 6.07) is 5.33. The third-order valence-electron chi connectivity index (χ3n) is 4.14. The molecule has 6 heteroatoms. The molecule has 1 aliphatic carbocycles. The van der Waals surface area contributed by atoms with Crippen molar-refractivity contribution in [1.29, 1.82) is 0 Å². The molecule has 1 fully saturated rings. The fourth-order valence-corrected chi connectivity index (χ4v) is 2.90. The van der Waals surface area contributed by atoms with Crippen LogP contribution in [0.3, 0.4) is 0 Å². The third-order valence-corrected chi connectivity index (χ3v) is 4.14. The van der Waals surface area contributed by atoms with Crippen molar-refractivity contribution < 1.29 is 9.53 Å². The van der Waals surface area contributed by atoms with E-state index in [-0.39, 0.29) is 29.0 Å². The quantitative estimate of drug-likeness (QED) is 0.792. The van der Waals surface area contributed by atoms with Crippen LogP contribution in [0.4, 0.5) is 0 Å². The number of amides is 1. The van der Waals surface area contributed by atoms with E-state index in [0.29, 0.717) is 16.7 Å².